The van der Waals surface area contributed by atoms with Gasteiger partial charge < -0.3 is 5.32 Å². The van der Waals surface area contributed by atoms with Gasteiger partial charge in [0.05, 0.1) is 0 Å². The molecule has 0 bridgehead atoms. The summed E-state index contributed by atoms with van der Waals surface area (Å²) in [7, 11) is 0. The monoisotopic (exact) mass is 247 g/mol. The van der Waals surface area contributed by atoms with E-state index >= 15 is 0 Å². The molecule has 18 heavy (non-hydrogen) atoms. The van der Waals surface area contributed by atoms with Gasteiger partial charge in [-0.2, -0.15) is 0 Å². The fourth-order valence-electron chi connectivity index (χ4n) is 2.08. The van der Waals surface area contributed by atoms with Crippen LogP contribution in [-0.4, -0.2) is 12.1 Å². The van der Waals surface area contributed by atoms with Gasteiger partial charge in [-0.1, -0.05) is 63.1 Å². The van der Waals surface area contributed by atoms with Crippen molar-refractivity contribution in [2.24, 2.45) is 5.92 Å². The van der Waals surface area contributed by atoms with Crippen molar-refractivity contribution in [1.29, 1.82) is 0 Å². The van der Waals surface area contributed by atoms with Crippen LogP contribution in [0.15, 0.2) is 35.5 Å². The molecule has 1 saturated carbocycles. The Morgan fingerprint density at radius 1 is 1.28 bits per heavy atom. The lowest BCUT2D eigenvalue weighted by atomic mass is 9.91. The second-order valence-corrected chi connectivity index (χ2v) is 5.97. The highest BCUT2D eigenvalue weighted by Gasteiger charge is 2.18. The molecule has 0 aromatic carbocycles. The third kappa shape index (κ3) is 5.22. The van der Waals surface area contributed by atoms with Crippen molar-refractivity contribution in [3.63, 3.8) is 0 Å². The molecule has 102 valence electrons. The molecule has 1 aliphatic carbocycles. The summed E-state index contributed by atoms with van der Waals surface area (Å²) in [6.07, 6.45) is 8.28. The van der Waals surface area contributed by atoms with Crippen LogP contribution in [0.1, 0.15) is 53.9 Å². The predicted octanol–water partition coefficient (Wildman–Crippen LogP) is 4.62. The van der Waals surface area contributed by atoms with Gasteiger partial charge in [-0.3, -0.25) is 0 Å². The third-order valence-corrected chi connectivity index (χ3v) is 3.46. The van der Waals surface area contributed by atoms with E-state index in [-0.39, 0.29) is 0 Å². The van der Waals surface area contributed by atoms with Crippen LogP contribution in [0.3, 0.4) is 0 Å². The van der Waals surface area contributed by atoms with Crippen LogP contribution in [0.5, 0.6) is 0 Å². The Balaban J connectivity index is 2.70. The van der Waals surface area contributed by atoms with Gasteiger partial charge in [0.1, 0.15) is 0 Å². The Labute approximate surface area is 113 Å². The summed E-state index contributed by atoms with van der Waals surface area (Å²) in [6, 6.07) is 0.893. The van der Waals surface area contributed by atoms with E-state index in [1.165, 1.54) is 24.0 Å². The van der Waals surface area contributed by atoms with Crippen molar-refractivity contribution < 1.29 is 0 Å². The van der Waals surface area contributed by atoms with Crippen molar-refractivity contribution in [3.8, 4) is 0 Å². The van der Waals surface area contributed by atoms with Gasteiger partial charge in [0.15, 0.2) is 0 Å². The average molecular weight is 247 g/mol. The van der Waals surface area contributed by atoms with Gasteiger partial charge in [0.2, 0.25) is 0 Å². The van der Waals surface area contributed by atoms with Crippen molar-refractivity contribution in [2.75, 3.05) is 0 Å². The summed E-state index contributed by atoms with van der Waals surface area (Å²) in [6.45, 7) is 15.3. The van der Waals surface area contributed by atoms with E-state index < -0.39 is 0 Å². The first-order valence-corrected chi connectivity index (χ1v) is 7.23. The lowest BCUT2D eigenvalue weighted by Gasteiger charge is -2.26. The summed E-state index contributed by atoms with van der Waals surface area (Å²) >= 11 is 0. The maximum absolute atomic E-state index is 4.28. The van der Waals surface area contributed by atoms with Gasteiger partial charge in [0, 0.05) is 12.1 Å². The molecule has 1 unspecified atom stereocenters. The topological polar surface area (TPSA) is 12.0 Å². The van der Waals surface area contributed by atoms with Crippen LogP contribution < -0.4 is 5.32 Å². The molecule has 1 rings (SSSR count). The number of rotatable bonds is 7. The number of hydrogen-bond acceptors (Lipinski definition) is 1. The number of allylic oxidation sites excluding steroid dienone is 3. The Morgan fingerprint density at radius 2 is 1.89 bits per heavy atom. The summed E-state index contributed by atoms with van der Waals surface area (Å²) in [5.41, 5.74) is 4.36. The molecule has 1 aliphatic rings. The van der Waals surface area contributed by atoms with Crippen molar-refractivity contribution in [3.05, 3.63) is 35.5 Å². The second kappa shape index (κ2) is 6.94. The maximum atomic E-state index is 4.28. The van der Waals surface area contributed by atoms with E-state index in [1.54, 1.807) is 5.57 Å². The van der Waals surface area contributed by atoms with E-state index in [0.29, 0.717) is 18.0 Å². The van der Waals surface area contributed by atoms with E-state index in [1.807, 2.05) is 0 Å². The second-order valence-electron chi connectivity index (χ2n) is 5.97. The fraction of sp³-hybridized carbons (Fsp3) is 0.647. The Bertz CT molecular complexity index is 339. The summed E-state index contributed by atoms with van der Waals surface area (Å²) in [5, 5.41) is 3.65. The molecule has 0 amide bonds. The van der Waals surface area contributed by atoms with Crippen LogP contribution in [-0.2, 0) is 0 Å². The quantitative estimate of drug-likeness (QED) is 0.647. The largest absolute Gasteiger partial charge is 0.308 e. The number of hydrogen-bond donors (Lipinski definition) is 1. The first-order valence-electron chi connectivity index (χ1n) is 7.23. The first-order chi connectivity index (χ1) is 8.43. The zero-order valence-corrected chi connectivity index (χ0v) is 12.7. The highest BCUT2D eigenvalue weighted by molar-refractivity contribution is 5.31. The summed E-state index contributed by atoms with van der Waals surface area (Å²) in [5.74, 6) is 0.535. The molecule has 0 aliphatic heterocycles. The smallest absolute Gasteiger partial charge is 0.0321 e. The molecule has 1 fully saturated rings. The molecular weight excluding hydrogens is 218 g/mol. The molecular formula is C17H29N. The Hall–Kier alpha value is -0.820. The van der Waals surface area contributed by atoms with Crippen LogP contribution in [0, 0.1) is 5.92 Å². The lowest BCUT2D eigenvalue weighted by Crippen LogP contribution is -2.37. The molecule has 0 saturated heterocycles. The first kappa shape index (κ1) is 15.2. The van der Waals surface area contributed by atoms with Gasteiger partial charge in [0.25, 0.3) is 0 Å². The Kier molecular flexibility index (Phi) is 5.87. The van der Waals surface area contributed by atoms with Crippen LogP contribution in [0.4, 0.5) is 0 Å². The van der Waals surface area contributed by atoms with Crippen molar-refractivity contribution >= 4 is 0 Å². The molecule has 0 spiro atoms. The highest BCUT2D eigenvalue weighted by Crippen LogP contribution is 2.30. The lowest BCUT2D eigenvalue weighted by molar-refractivity contribution is 0.476. The molecule has 0 aromatic rings. The normalized spacial score (nSPS) is 17.3. The van der Waals surface area contributed by atoms with Gasteiger partial charge in [-0.15, -0.1) is 0 Å². The summed E-state index contributed by atoms with van der Waals surface area (Å²) < 4.78 is 0. The predicted molar refractivity (Wildman–Crippen MR) is 81.7 cm³/mol. The SMILES string of the molecule is C=C(C(C)C)C(C/C(C=C1CC1)=C/C)NC(C)C. The van der Waals surface area contributed by atoms with Crippen LogP contribution in [0.25, 0.3) is 0 Å². The molecule has 0 aromatic heterocycles. The van der Waals surface area contributed by atoms with E-state index in [4.69, 9.17) is 0 Å². The van der Waals surface area contributed by atoms with Gasteiger partial charge >= 0.3 is 0 Å². The number of nitrogens with one attached hydrogen (secondary N) is 1. The van der Waals surface area contributed by atoms with Crippen molar-refractivity contribution in [2.45, 2.75) is 66.0 Å². The molecule has 0 heterocycles. The summed E-state index contributed by atoms with van der Waals surface area (Å²) in [4.78, 5) is 0. The van der Waals surface area contributed by atoms with Crippen LogP contribution in [0.2, 0.25) is 0 Å². The molecule has 1 N–H and O–H groups in total. The van der Waals surface area contributed by atoms with E-state index in [9.17, 15) is 0 Å². The van der Waals surface area contributed by atoms with Gasteiger partial charge in [-0.25, -0.2) is 0 Å². The fourth-order valence-corrected chi connectivity index (χ4v) is 2.08. The zero-order valence-electron chi connectivity index (χ0n) is 12.7. The molecule has 0 radical (unpaired) electrons. The zero-order chi connectivity index (χ0) is 13.7. The van der Waals surface area contributed by atoms with Crippen molar-refractivity contribution in [1.82, 2.24) is 5.32 Å². The minimum Gasteiger partial charge on any atom is -0.308 e. The minimum atomic E-state index is 0.395. The standard InChI is InChI=1S/C17H29N/c1-7-15(10-16-8-9-16)11-17(18-13(4)5)14(6)12(2)3/h7,10,12-13,17-18H,6,8-9,11H2,1-5H3/b15-7+. The van der Waals surface area contributed by atoms with E-state index in [0.717, 1.165) is 6.42 Å². The average Bonchev–Trinajstić information content (AvgIpc) is 3.09. The maximum Gasteiger partial charge on any atom is 0.0321 e. The third-order valence-electron chi connectivity index (χ3n) is 3.46. The molecule has 1 atom stereocenters. The molecule has 1 heteroatoms. The highest BCUT2D eigenvalue weighted by atomic mass is 14.9. The molecule has 1 nitrogen and oxygen atoms in total. The van der Waals surface area contributed by atoms with E-state index in [2.05, 4.69) is 58.7 Å². The van der Waals surface area contributed by atoms with Gasteiger partial charge in [-0.05, 0) is 32.1 Å². The van der Waals surface area contributed by atoms with Crippen LogP contribution >= 0.6 is 0 Å². The minimum absolute atomic E-state index is 0.395. The Morgan fingerprint density at radius 3 is 2.28 bits per heavy atom.